The molecule has 3 atom stereocenters. The summed E-state index contributed by atoms with van der Waals surface area (Å²) in [5, 5.41) is 3.86. The molecule has 3 aliphatic rings. The van der Waals surface area contributed by atoms with Gasteiger partial charge in [-0.15, -0.1) is 0 Å². The molecule has 1 aliphatic carbocycles. The number of fused-ring (bicyclic) bond motifs is 3. The molecule has 2 aliphatic heterocycles. The maximum atomic E-state index is 6.06. The molecule has 102 valence electrons. The van der Waals surface area contributed by atoms with E-state index in [9.17, 15) is 0 Å². The lowest BCUT2D eigenvalue weighted by Gasteiger charge is -2.41. The first-order valence-corrected chi connectivity index (χ1v) is 7.90. The lowest BCUT2D eigenvalue weighted by atomic mass is 9.73. The third-order valence-corrected chi connectivity index (χ3v) is 5.35. The Labute approximate surface area is 115 Å². The van der Waals surface area contributed by atoms with Crippen LogP contribution in [0.15, 0.2) is 24.3 Å². The highest BCUT2D eigenvalue weighted by atomic mass is 16.5. The number of ether oxygens (including phenoxy) is 1. The van der Waals surface area contributed by atoms with Gasteiger partial charge in [-0.3, -0.25) is 0 Å². The van der Waals surface area contributed by atoms with Gasteiger partial charge in [-0.25, -0.2) is 0 Å². The number of para-hydroxylation sites is 1. The van der Waals surface area contributed by atoms with Crippen LogP contribution in [0.1, 0.15) is 50.2 Å². The Kier molecular flexibility index (Phi) is 2.99. The van der Waals surface area contributed by atoms with Gasteiger partial charge in [-0.1, -0.05) is 37.5 Å². The van der Waals surface area contributed by atoms with Crippen molar-refractivity contribution in [1.29, 1.82) is 0 Å². The van der Waals surface area contributed by atoms with Crippen LogP contribution in [0.25, 0.3) is 0 Å². The second kappa shape index (κ2) is 4.82. The van der Waals surface area contributed by atoms with Crippen LogP contribution in [0.5, 0.6) is 0 Å². The van der Waals surface area contributed by atoms with E-state index < -0.39 is 0 Å². The van der Waals surface area contributed by atoms with Gasteiger partial charge in [0, 0.05) is 29.8 Å². The minimum Gasteiger partial charge on any atom is -0.381 e. The minimum atomic E-state index is 0.351. The molecule has 4 rings (SSSR count). The third kappa shape index (κ3) is 1.97. The summed E-state index contributed by atoms with van der Waals surface area (Å²) in [5.74, 6) is 1.55. The van der Waals surface area contributed by atoms with Gasteiger partial charge in [-0.05, 0) is 31.2 Å². The first-order valence-electron chi connectivity index (χ1n) is 7.90. The van der Waals surface area contributed by atoms with Crippen LogP contribution in [-0.4, -0.2) is 12.6 Å². The van der Waals surface area contributed by atoms with Gasteiger partial charge in [0.05, 0.1) is 6.10 Å². The number of hydrogen-bond donors (Lipinski definition) is 1. The summed E-state index contributed by atoms with van der Waals surface area (Å²) < 4.78 is 6.06. The first-order chi connectivity index (χ1) is 9.43. The van der Waals surface area contributed by atoms with Gasteiger partial charge in [0.2, 0.25) is 0 Å². The van der Waals surface area contributed by atoms with Crippen LogP contribution in [0.4, 0.5) is 5.69 Å². The first kappa shape index (κ1) is 11.8. The number of nitrogens with one attached hydrogen (secondary N) is 1. The Morgan fingerprint density at radius 3 is 2.74 bits per heavy atom. The van der Waals surface area contributed by atoms with Crippen molar-refractivity contribution in [3.05, 3.63) is 29.8 Å². The fourth-order valence-electron chi connectivity index (χ4n) is 4.42. The molecule has 0 radical (unpaired) electrons. The van der Waals surface area contributed by atoms with E-state index in [1.807, 2.05) is 0 Å². The van der Waals surface area contributed by atoms with Gasteiger partial charge >= 0.3 is 0 Å². The maximum Gasteiger partial charge on any atom is 0.0893 e. The predicted octanol–water partition coefficient (Wildman–Crippen LogP) is 4.14. The van der Waals surface area contributed by atoms with Crippen molar-refractivity contribution in [2.24, 2.45) is 11.8 Å². The Hall–Kier alpha value is -1.02. The van der Waals surface area contributed by atoms with Gasteiger partial charge < -0.3 is 10.1 Å². The smallest absolute Gasteiger partial charge is 0.0893 e. The lowest BCUT2D eigenvalue weighted by molar-refractivity contribution is 0.0732. The van der Waals surface area contributed by atoms with E-state index in [1.165, 1.54) is 49.8 Å². The lowest BCUT2D eigenvalue weighted by Crippen LogP contribution is -2.42. The van der Waals surface area contributed by atoms with Crippen molar-refractivity contribution in [1.82, 2.24) is 0 Å². The van der Waals surface area contributed by atoms with Gasteiger partial charge in [0.15, 0.2) is 0 Å². The molecule has 1 saturated carbocycles. The van der Waals surface area contributed by atoms with Crippen molar-refractivity contribution in [2.75, 3.05) is 11.9 Å². The second-order valence-electron chi connectivity index (χ2n) is 6.40. The topological polar surface area (TPSA) is 21.3 Å². The molecule has 2 fully saturated rings. The van der Waals surface area contributed by atoms with Crippen molar-refractivity contribution in [3.63, 3.8) is 0 Å². The number of benzene rings is 1. The molecule has 0 aromatic heterocycles. The number of anilines is 1. The molecule has 1 aromatic rings. The summed E-state index contributed by atoms with van der Waals surface area (Å²) in [4.78, 5) is 0. The van der Waals surface area contributed by atoms with E-state index in [1.54, 1.807) is 0 Å². The van der Waals surface area contributed by atoms with E-state index in [-0.39, 0.29) is 0 Å². The zero-order valence-electron chi connectivity index (χ0n) is 11.5. The van der Waals surface area contributed by atoms with Crippen molar-refractivity contribution in [3.8, 4) is 0 Å². The molecule has 0 bridgehead atoms. The Morgan fingerprint density at radius 2 is 1.84 bits per heavy atom. The standard InChI is InChI=1S/C17H23NO/c1-2-6-12(7-3-1)16-14-10-11-19-17(14)13-8-4-5-9-15(13)18-16/h4-5,8-9,12,14,16-18H,1-3,6-7,10-11H2/t14-,16+,17-/m0/s1. The van der Waals surface area contributed by atoms with Gasteiger partial charge in [0.1, 0.15) is 0 Å². The second-order valence-corrected chi connectivity index (χ2v) is 6.40. The maximum absolute atomic E-state index is 6.06. The highest BCUT2D eigenvalue weighted by Crippen LogP contribution is 2.48. The van der Waals surface area contributed by atoms with Crippen LogP contribution in [0, 0.1) is 11.8 Å². The predicted molar refractivity (Wildman–Crippen MR) is 77.2 cm³/mol. The summed E-state index contributed by atoms with van der Waals surface area (Å²) in [7, 11) is 0. The minimum absolute atomic E-state index is 0.351. The normalized spacial score (nSPS) is 34.4. The van der Waals surface area contributed by atoms with Gasteiger partial charge in [-0.2, -0.15) is 0 Å². The Balaban J connectivity index is 1.66. The number of rotatable bonds is 1. The van der Waals surface area contributed by atoms with Crippen LogP contribution >= 0.6 is 0 Å². The SMILES string of the molecule is c1ccc2c(c1)N[C@H](C1CCCCC1)[C@@H]1CCO[C@@H]21. The molecule has 0 amide bonds. The zero-order chi connectivity index (χ0) is 12.7. The molecule has 2 nitrogen and oxygen atoms in total. The van der Waals surface area contributed by atoms with E-state index in [0.29, 0.717) is 18.1 Å². The van der Waals surface area contributed by atoms with E-state index in [0.717, 1.165) is 12.5 Å². The number of hydrogen-bond acceptors (Lipinski definition) is 2. The molecular formula is C17H23NO. The van der Waals surface area contributed by atoms with Gasteiger partial charge in [0.25, 0.3) is 0 Å². The molecule has 1 N–H and O–H groups in total. The quantitative estimate of drug-likeness (QED) is 0.816. The fourth-order valence-corrected chi connectivity index (χ4v) is 4.42. The average molecular weight is 257 g/mol. The fraction of sp³-hybridized carbons (Fsp3) is 0.647. The monoisotopic (exact) mass is 257 g/mol. The highest BCUT2D eigenvalue weighted by Gasteiger charge is 2.43. The summed E-state index contributed by atoms with van der Waals surface area (Å²) >= 11 is 0. The van der Waals surface area contributed by atoms with Crippen LogP contribution in [0.2, 0.25) is 0 Å². The molecule has 0 spiro atoms. The van der Waals surface area contributed by atoms with Crippen molar-refractivity contribution < 1.29 is 4.74 Å². The molecular weight excluding hydrogens is 234 g/mol. The van der Waals surface area contributed by atoms with Crippen LogP contribution < -0.4 is 5.32 Å². The average Bonchev–Trinajstić information content (AvgIpc) is 2.97. The summed E-state index contributed by atoms with van der Waals surface area (Å²) in [6.45, 7) is 0.939. The Morgan fingerprint density at radius 1 is 1.00 bits per heavy atom. The summed E-state index contributed by atoms with van der Waals surface area (Å²) in [5.41, 5.74) is 2.71. The molecule has 19 heavy (non-hydrogen) atoms. The summed E-state index contributed by atoms with van der Waals surface area (Å²) in [6, 6.07) is 9.38. The van der Waals surface area contributed by atoms with E-state index in [4.69, 9.17) is 4.74 Å². The van der Waals surface area contributed by atoms with E-state index in [2.05, 4.69) is 29.6 Å². The molecule has 2 heteroatoms. The van der Waals surface area contributed by atoms with E-state index >= 15 is 0 Å². The Bertz CT molecular complexity index is 452. The molecule has 1 aromatic carbocycles. The molecule has 0 unspecified atom stereocenters. The summed E-state index contributed by atoms with van der Waals surface area (Å²) in [6.07, 6.45) is 8.67. The highest BCUT2D eigenvalue weighted by molar-refractivity contribution is 5.56. The van der Waals surface area contributed by atoms with Crippen molar-refractivity contribution in [2.45, 2.75) is 50.7 Å². The largest absolute Gasteiger partial charge is 0.381 e. The zero-order valence-corrected chi connectivity index (χ0v) is 11.5. The van der Waals surface area contributed by atoms with Crippen molar-refractivity contribution >= 4 is 5.69 Å². The third-order valence-electron chi connectivity index (χ3n) is 5.35. The molecule has 1 saturated heterocycles. The van der Waals surface area contributed by atoms with Crippen LogP contribution in [0.3, 0.4) is 0 Å². The van der Waals surface area contributed by atoms with Crippen LogP contribution in [-0.2, 0) is 4.74 Å². The molecule has 2 heterocycles.